The smallest absolute Gasteiger partial charge is 0.220 e. The molecule has 0 spiro atoms. The van der Waals surface area contributed by atoms with Crippen molar-refractivity contribution < 1.29 is 9.53 Å². The van der Waals surface area contributed by atoms with Gasteiger partial charge in [-0.25, -0.2) is 0 Å². The number of nitrogens with two attached hydrogens (primary N) is 1. The molecule has 3 N–H and O–H groups in total. The van der Waals surface area contributed by atoms with Crippen molar-refractivity contribution in [3.05, 3.63) is 0 Å². The van der Waals surface area contributed by atoms with E-state index in [1.807, 2.05) is 0 Å². The molecule has 0 aromatic carbocycles. The Balaban J connectivity index is 2.23. The summed E-state index contributed by atoms with van der Waals surface area (Å²) in [4.78, 5) is 11.9. The Morgan fingerprint density at radius 3 is 2.70 bits per heavy atom. The van der Waals surface area contributed by atoms with Gasteiger partial charge >= 0.3 is 0 Å². The second-order valence-corrected chi connectivity index (χ2v) is 7.07. The van der Waals surface area contributed by atoms with Crippen molar-refractivity contribution in [1.29, 1.82) is 0 Å². The largest absolute Gasteiger partial charge is 0.381 e. The number of ether oxygens (including phenoxy) is 1. The normalized spacial score (nSPS) is 21.5. The summed E-state index contributed by atoms with van der Waals surface area (Å²) < 4.78 is 5.42. The lowest BCUT2D eigenvalue weighted by Gasteiger charge is -2.30. The molecule has 0 bridgehead atoms. The van der Waals surface area contributed by atoms with Crippen molar-refractivity contribution in [3.8, 4) is 0 Å². The fourth-order valence-electron chi connectivity index (χ4n) is 2.83. The SMILES string of the molecule is CC(C)(C)C(CCN)CCC(=O)NCC1CCCOC1. The Labute approximate surface area is 123 Å². The van der Waals surface area contributed by atoms with Gasteiger partial charge in [-0.2, -0.15) is 0 Å². The van der Waals surface area contributed by atoms with Crippen LogP contribution in [0.25, 0.3) is 0 Å². The number of hydrogen-bond donors (Lipinski definition) is 2. The van der Waals surface area contributed by atoms with E-state index in [1.54, 1.807) is 0 Å². The second-order valence-electron chi connectivity index (χ2n) is 7.07. The van der Waals surface area contributed by atoms with Crippen molar-refractivity contribution in [2.24, 2.45) is 23.0 Å². The zero-order chi connectivity index (χ0) is 15.0. The van der Waals surface area contributed by atoms with Crippen LogP contribution < -0.4 is 11.1 Å². The highest BCUT2D eigenvalue weighted by molar-refractivity contribution is 5.75. The number of carbonyl (C=O) groups is 1. The molecule has 2 atom stereocenters. The highest BCUT2D eigenvalue weighted by Crippen LogP contribution is 2.32. The van der Waals surface area contributed by atoms with Gasteiger partial charge < -0.3 is 15.8 Å². The zero-order valence-electron chi connectivity index (χ0n) is 13.4. The summed E-state index contributed by atoms with van der Waals surface area (Å²) in [5, 5.41) is 3.05. The quantitative estimate of drug-likeness (QED) is 0.754. The summed E-state index contributed by atoms with van der Waals surface area (Å²) in [7, 11) is 0. The number of rotatable bonds is 7. The van der Waals surface area contributed by atoms with Crippen molar-refractivity contribution in [2.75, 3.05) is 26.3 Å². The third-order valence-corrected chi connectivity index (χ3v) is 4.30. The first-order valence-electron chi connectivity index (χ1n) is 7.98. The van der Waals surface area contributed by atoms with Gasteiger partial charge in [-0.15, -0.1) is 0 Å². The Morgan fingerprint density at radius 1 is 1.40 bits per heavy atom. The second kappa shape index (κ2) is 8.63. The number of nitrogens with one attached hydrogen (secondary N) is 1. The first-order valence-corrected chi connectivity index (χ1v) is 7.98. The summed E-state index contributed by atoms with van der Waals surface area (Å²) in [5.41, 5.74) is 5.89. The Morgan fingerprint density at radius 2 is 2.15 bits per heavy atom. The van der Waals surface area contributed by atoms with Crippen LogP contribution in [-0.4, -0.2) is 32.2 Å². The molecule has 1 heterocycles. The predicted octanol–water partition coefficient (Wildman–Crippen LogP) is 2.32. The lowest BCUT2D eigenvalue weighted by atomic mass is 9.76. The number of amides is 1. The molecule has 0 radical (unpaired) electrons. The molecule has 0 aliphatic carbocycles. The van der Waals surface area contributed by atoms with Crippen LogP contribution >= 0.6 is 0 Å². The van der Waals surface area contributed by atoms with Gasteiger partial charge in [0.15, 0.2) is 0 Å². The molecule has 118 valence electrons. The maximum Gasteiger partial charge on any atom is 0.220 e. The molecule has 1 fully saturated rings. The van der Waals surface area contributed by atoms with Gasteiger partial charge in [-0.05, 0) is 49.5 Å². The summed E-state index contributed by atoms with van der Waals surface area (Å²) >= 11 is 0. The topological polar surface area (TPSA) is 64.4 Å². The van der Waals surface area contributed by atoms with Gasteiger partial charge in [0, 0.05) is 19.6 Å². The molecule has 1 aliphatic rings. The van der Waals surface area contributed by atoms with Crippen LogP contribution in [0.2, 0.25) is 0 Å². The van der Waals surface area contributed by atoms with E-state index in [9.17, 15) is 4.79 Å². The molecule has 1 aliphatic heterocycles. The van der Waals surface area contributed by atoms with Gasteiger partial charge in [-0.3, -0.25) is 4.79 Å². The minimum absolute atomic E-state index is 0.168. The molecule has 1 saturated heterocycles. The molecule has 1 amide bonds. The van der Waals surface area contributed by atoms with Crippen LogP contribution in [0, 0.1) is 17.3 Å². The van der Waals surface area contributed by atoms with E-state index in [1.165, 1.54) is 0 Å². The van der Waals surface area contributed by atoms with Crippen molar-refractivity contribution >= 4 is 5.91 Å². The molecular weight excluding hydrogens is 252 g/mol. The average Bonchev–Trinajstić information content (AvgIpc) is 2.41. The van der Waals surface area contributed by atoms with Crippen LogP contribution in [0.1, 0.15) is 52.9 Å². The van der Waals surface area contributed by atoms with Crippen molar-refractivity contribution in [1.82, 2.24) is 5.32 Å². The molecule has 0 aromatic rings. The van der Waals surface area contributed by atoms with Crippen LogP contribution in [-0.2, 0) is 9.53 Å². The number of hydrogen-bond acceptors (Lipinski definition) is 3. The summed E-state index contributed by atoms with van der Waals surface area (Å²) in [6.45, 7) is 9.80. The fourth-order valence-corrected chi connectivity index (χ4v) is 2.83. The van der Waals surface area contributed by atoms with Crippen LogP contribution in [0.4, 0.5) is 0 Å². The van der Waals surface area contributed by atoms with E-state index in [2.05, 4.69) is 26.1 Å². The highest BCUT2D eigenvalue weighted by atomic mass is 16.5. The maximum absolute atomic E-state index is 11.9. The lowest BCUT2D eigenvalue weighted by Crippen LogP contribution is -2.34. The molecule has 1 rings (SSSR count). The molecule has 2 unspecified atom stereocenters. The van der Waals surface area contributed by atoms with Gasteiger partial charge in [0.1, 0.15) is 0 Å². The summed E-state index contributed by atoms with van der Waals surface area (Å²) in [5.74, 6) is 1.17. The predicted molar refractivity (Wildman–Crippen MR) is 82.4 cm³/mol. The van der Waals surface area contributed by atoms with Crippen molar-refractivity contribution in [2.45, 2.75) is 52.9 Å². The van der Waals surface area contributed by atoms with Gasteiger partial charge in [0.05, 0.1) is 6.61 Å². The van der Waals surface area contributed by atoms with Crippen LogP contribution in [0.15, 0.2) is 0 Å². The van der Waals surface area contributed by atoms with Gasteiger partial charge in [0.2, 0.25) is 5.91 Å². The zero-order valence-corrected chi connectivity index (χ0v) is 13.4. The lowest BCUT2D eigenvalue weighted by molar-refractivity contribution is -0.122. The molecule has 4 heteroatoms. The Kier molecular flexibility index (Phi) is 7.52. The highest BCUT2D eigenvalue weighted by Gasteiger charge is 2.24. The Hall–Kier alpha value is -0.610. The van der Waals surface area contributed by atoms with E-state index in [0.717, 1.165) is 45.4 Å². The van der Waals surface area contributed by atoms with Crippen LogP contribution in [0.5, 0.6) is 0 Å². The molecular formula is C16H32N2O2. The standard InChI is InChI=1S/C16H32N2O2/c1-16(2,3)14(8-9-17)6-7-15(19)18-11-13-5-4-10-20-12-13/h13-14H,4-12,17H2,1-3H3,(H,18,19). The third-order valence-electron chi connectivity index (χ3n) is 4.30. The molecule has 0 aromatic heterocycles. The minimum Gasteiger partial charge on any atom is -0.381 e. The fraction of sp³-hybridized carbons (Fsp3) is 0.938. The molecule has 4 nitrogen and oxygen atoms in total. The van der Waals surface area contributed by atoms with Crippen molar-refractivity contribution in [3.63, 3.8) is 0 Å². The Bertz CT molecular complexity index is 281. The minimum atomic E-state index is 0.168. The maximum atomic E-state index is 11.9. The molecule has 20 heavy (non-hydrogen) atoms. The van der Waals surface area contributed by atoms with E-state index >= 15 is 0 Å². The van der Waals surface area contributed by atoms with E-state index in [-0.39, 0.29) is 11.3 Å². The summed E-state index contributed by atoms with van der Waals surface area (Å²) in [6.07, 6.45) is 4.80. The van der Waals surface area contributed by atoms with Crippen LogP contribution in [0.3, 0.4) is 0 Å². The first-order chi connectivity index (χ1) is 9.43. The monoisotopic (exact) mass is 284 g/mol. The van der Waals surface area contributed by atoms with Gasteiger partial charge in [-0.1, -0.05) is 20.8 Å². The number of carbonyl (C=O) groups excluding carboxylic acids is 1. The average molecular weight is 284 g/mol. The van der Waals surface area contributed by atoms with E-state index < -0.39 is 0 Å². The third kappa shape index (κ3) is 6.71. The van der Waals surface area contributed by atoms with Gasteiger partial charge in [0.25, 0.3) is 0 Å². The van der Waals surface area contributed by atoms with E-state index in [0.29, 0.717) is 24.8 Å². The molecule has 0 saturated carbocycles. The first kappa shape index (κ1) is 17.4. The summed E-state index contributed by atoms with van der Waals surface area (Å²) in [6, 6.07) is 0. The van der Waals surface area contributed by atoms with E-state index in [4.69, 9.17) is 10.5 Å².